The second-order valence-electron chi connectivity index (χ2n) is 6.87. The van der Waals surface area contributed by atoms with Crippen molar-refractivity contribution >= 4 is 11.8 Å². The zero-order valence-corrected chi connectivity index (χ0v) is 13.9. The largest absolute Gasteiger partial charge is 0.495 e. The van der Waals surface area contributed by atoms with E-state index in [1.54, 1.807) is 13.2 Å². The third-order valence-electron chi connectivity index (χ3n) is 4.00. The van der Waals surface area contributed by atoms with Crippen LogP contribution in [0.25, 0.3) is 0 Å². The fourth-order valence-electron chi connectivity index (χ4n) is 2.60. The van der Waals surface area contributed by atoms with Gasteiger partial charge in [-0.15, -0.1) is 0 Å². The molecule has 5 heteroatoms. The van der Waals surface area contributed by atoms with Crippen molar-refractivity contribution in [3.63, 3.8) is 0 Å². The van der Waals surface area contributed by atoms with Gasteiger partial charge in [0.05, 0.1) is 18.9 Å². The van der Waals surface area contributed by atoms with Crippen LogP contribution in [0.15, 0.2) is 18.2 Å². The maximum absolute atomic E-state index is 11.9. The van der Waals surface area contributed by atoms with E-state index in [0.29, 0.717) is 11.4 Å². The molecule has 0 bridgehead atoms. The van der Waals surface area contributed by atoms with Crippen molar-refractivity contribution in [3.05, 3.63) is 23.8 Å². The first-order valence-electron chi connectivity index (χ1n) is 7.54. The van der Waals surface area contributed by atoms with Crippen LogP contribution in [0, 0.1) is 0 Å². The average molecular weight is 307 g/mol. The molecule has 0 spiro atoms. The van der Waals surface area contributed by atoms with Crippen LogP contribution in [0.2, 0.25) is 0 Å². The van der Waals surface area contributed by atoms with Crippen LogP contribution >= 0.6 is 0 Å². The third-order valence-corrected chi connectivity index (χ3v) is 4.00. The number of anilines is 1. The number of rotatable bonds is 4. The average Bonchev–Trinajstić information content (AvgIpc) is 3.18. The van der Waals surface area contributed by atoms with Gasteiger partial charge in [-0.3, -0.25) is 5.32 Å². The number of benzene rings is 1. The number of ether oxygens (including phenoxy) is 2. The highest BCUT2D eigenvalue weighted by molar-refractivity contribution is 5.87. The first-order valence-corrected chi connectivity index (χ1v) is 7.54. The molecule has 1 unspecified atom stereocenters. The van der Waals surface area contributed by atoms with Gasteiger partial charge in [-0.1, -0.05) is 6.07 Å². The number of carbonyl (C=O) groups excluding carboxylic acids is 1. The molecule has 1 saturated carbocycles. The normalized spacial score (nSPS) is 17.5. The summed E-state index contributed by atoms with van der Waals surface area (Å²) < 4.78 is 10.6. The van der Waals surface area contributed by atoms with Gasteiger partial charge in [0.25, 0.3) is 0 Å². The number of aliphatic hydroxyl groups excluding tert-OH is 1. The van der Waals surface area contributed by atoms with E-state index < -0.39 is 17.8 Å². The van der Waals surface area contributed by atoms with Crippen LogP contribution in [-0.4, -0.2) is 30.0 Å². The Labute approximate surface area is 131 Å². The summed E-state index contributed by atoms with van der Waals surface area (Å²) in [4.78, 5) is 11.9. The van der Waals surface area contributed by atoms with E-state index in [1.165, 1.54) is 0 Å². The van der Waals surface area contributed by atoms with Gasteiger partial charge >= 0.3 is 6.09 Å². The predicted molar refractivity (Wildman–Crippen MR) is 85.4 cm³/mol. The zero-order chi connectivity index (χ0) is 16.5. The lowest BCUT2D eigenvalue weighted by Crippen LogP contribution is -2.27. The van der Waals surface area contributed by atoms with Gasteiger partial charge in [0.1, 0.15) is 11.4 Å². The molecule has 122 valence electrons. The number of methoxy groups -OCH3 is 1. The van der Waals surface area contributed by atoms with E-state index in [1.807, 2.05) is 39.8 Å². The highest BCUT2D eigenvalue weighted by Crippen LogP contribution is 2.52. The SMILES string of the molecule is COc1cc(C2(C(C)O)CC2)ccc1NC(=O)OC(C)(C)C. The van der Waals surface area contributed by atoms with Crippen LogP contribution in [-0.2, 0) is 10.2 Å². The van der Waals surface area contributed by atoms with E-state index in [9.17, 15) is 9.90 Å². The fraction of sp³-hybridized carbons (Fsp3) is 0.588. The lowest BCUT2D eigenvalue weighted by molar-refractivity contribution is 0.0635. The quantitative estimate of drug-likeness (QED) is 0.894. The molecule has 1 fully saturated rings. The van der Waals surface area contributed by atoms with Gasteiger partial charge in [0.2, 0.25) is 0 Å². The first kappa shape index (κ1) is 16.6. The van der Waals surface area contributed by atoms with Gasteiger partial charge in [0, 0.05) is 5.41 Å². The molecule has 2 rings (SSSR count). The molecular formula is C17H25NO4. The summed E-state index contributed by atoms with van der Waals surface area (Å²) in [6.45, 7) is 7.25. The highest BCUT2D eigenvalue weighted by Gasteiger charge is 2.48. The highest BCUT2D eigenvalue weighted by atomic mass is 16.6. The van der Waals surface area contributed by atoms with Crippen molar-refractivity contribution < 1.29 is 19.4 Å². The maximum atomic E-state index is 11.9. The lowest BCUT2D eigenvalue weighted by Gasteiger charge is -2.22. The predicted octanol–water partition coefficient (Wildman–Crippen LogP) is 3.45. The summed E-state index contributed by atoms with van der Waals surface area (Å²) in [5.41, 5.74) is 0.871. The van der Waals surface area contributed by atoms with E-state index in [-0.39, 0.29) is 5.41 Å². The van der Waals surface area contributed by atoms with E-state index in [4.69, 9.17) is 9.47 Å². The Bertz CT molecular complexity index is 556. The van der Waals surface area contributed by atoms with Crippen molar-refractivity contribution in [2.24, 2.45) is 0 Å². The second kappa shape index (κ2) is 5.80. The van der Waals surface area contributed by atoms with Crippen LogP contribution in [0.1, 0.15) is 46.1 Å². The Morgan fingerprint density at radius 1 is 1.36 bits per heavy atom. The van der Waals surface area contributed by atoms with Crippen molar-refractivity contribution in [1.29, 1.82) is 0 Å². The smallest absolute Gasteiger partial charge is 0.412 e. The molecule has 22 heavy (non-hydrogen) atoms. The van der Waals surface area contributed by atoms with Crippen molar-refractivity contribution in [2.45, 2.75) is 57.7 Å². The molecule has 0 saturated heterocycles. The number of aliphatic hydroxyl groups is 1. The Morgan fingerprint density at radius 2 is 2.00 bits per heavy atom. The fourth-order valence-corrected chi connectivity index (χ4v) is 2.60. The van der Waals surface area contributed by atoms with Crippen LogP contribution in [0.3, 0.4) is 0 Å². The molecule has 5 nitrogen and oxygen atoms in total. The van der Waals surface area contributed by atoms with E-state index >= 15 is 0 Å². The van der Waals surface area contributed by atoms with Crippen molar-refractivity contribution in [1.82, 2.24) is 0 Å². The summed E-state index contributed by atoms with van der Waals surface area (Å²) in [6.07, 6.45) is 1.01. The molecule has 1 atom stereocenters. The van der Waals surface area contributed by atoms with Crippen molar-refractivity contribution in [2.75, 3.05) is 12.4 Å². The molecule has 0 radical (unpaired) electrons. The van der Waals surface area contributed by atoms with Gasteiger partial charge in [-0.2, -0.15) is 0 Å². The molecule has 2 N–H and O–H groups in total. The summed E-state index contributed by atoms with van der Waals surface area (Å²) in [5, 5.41) is 12.7. The second-order valence-corrected chi connectivity index (χ2v) is 6.87. The minimum atomic E-state index is -0.554. The molecular weight excluding hydrogens is 282 g/mol. The van der Waals surface area contributed by atoms with E-state index in [2.05, 4.69) is 5.32 Å². The van der Waals surface area contributed by atoms with Gasteiger partial charge in [-0.25, -0.2) is 4.79 Å². The molecule has 1 aliphatic rings. The Kier molecular flexibility index (Phi) is 4.38. The first-order chi connectivity index (χ1) is 10.2. The Morgan fingerprint density at radius 3 is 2.45 bits per heavy atom. The minimum absolute atomic E-state index is 0.169. The molecule has 1 aromatic carbocycles. The number of hydrogen-bond donors (Lipinski definition) is 2. The molecule has 0 aliphatic heterocycles. The molecule has 1 aliphatic carbocycles. The molecule has 0 aromatic heterocycles. The zero-order valence-electron chi connectivity index (χ0n) is 13.9. The van der Waals surface area contributed by atoms with Crippen molar-refractivity contribution in [3.8, 4) is 5.75 Å². The number of carbonyl (C=O) groups is 1. The summed E-state index contributed by atoms with van der Waals surface area (Å²) in [5.74, 6) is 0.565. The maximum Gasteiger partial charge on any atom is 0.412 e. The lowest BCUT2D eigenvalue weighted by atomic mass is 9.90. The molecule has 0 heterocycles. The van der Waals surface area contributed by atoms with Crippen LogP contribution in [0.5, 0.6) is 5.75 Å². The number of hydrogen-bond acceptors (Lipinski definition) is 4. The standard InChI is InChI=1S/C17H25NO4/c1-11(19)17(8-9-17)12-6-7-13(14(10-12)21-5)18-15(20)22-16(2,3)4/h6-7,10-11,19H,8-9H2,1-5H3,(H,18,20). The summed E-state index contributed by atoms with van der Waals surface area (Å²) in [6, 6.07) is 5.60. The summed E-state index contributed by atoms with van der Waals surface area (Å²) >= 11 is 0. The van der Waals surface area contributed by atoms with Gasteiger partial charge in [0.15, 0.2) is 0 Å². The van der Waals surface area contributed by atoms with Crippen LogP contribution < -0.4 is 10.1 Å². The monoisotopic (exact) mass is 307 g/mol. The minimum Gasteiger partial charge on any atom is -0.495 e. The van der Waals surface area contributed by atoms with E-state index in [0.717, 1.165) is 18.4 Å². The number of amides is 1. The molecule has 1 amide bonds. The Hall–Kier alpha value is -1.75. The van der Waals surface area contributed by atoms with Crippen LogP contribution in [0.4, 0.5) is 10.5 Å². The number of nitrogens with one attached hydrogen (secondary N) is 1. The van der Waals surface area contributed by atoms with Gasteiger partial charge < -0.3 is 14.6 Å². The molecule has 1 aromatic rings. The van der Waals surface area contributed by atoms with Gasteiger partial charge in [-0.05, 0) is 58.2 Å². The Balaban J connectivity index is 2.19. The summed E-state index contributed by atoms with van der Waals surface area (Å²) in [7, 11) is 1.56. The third kappa shape index (κ3) is 3.53. The topological polar surface area (TPSA) is 67.8 Å².